The summed E-state index contributed by atoms with van der Waals surface area (Å²) in [6.45, 7) is 3.47. The first-order valence-electron chi connectivity index (χ1n) is 5.74. The molecule has 2 N–H and O–H groups in total. The van der Waals surface area contributed by atoms with Crippen LogP contribution in [0.3, 0.4) is 0 Å². The van der Waals surface area contributed by atoms with E-state index in [1.54, 1.807) is 16.7 Å². The Bertz CT molecular complexity index is 619. The molecule has 0 spiro atoms. The highest BCUT2D eigenvalue weighted by Crippen LogP contribution is 2.25. The lowest BCUT2D eigenvalue weighted by Gasteiger charge is -2.10. The summed E-state index contributed by atoms with van der Waals surface area (Å²) < 4.78 is 0. The minimum absolute atomic E-state index is 0.169. The molecule has 0 saturated heterocycles. The van der Waals surface area contributed by atoms with E-state index in [9.17, 15) is 9.59 Å². The fraction of sp³-hybridized carbons (Fsp3) is 0.154. The second kappa shape index (κ2) is 6.44. The fourth-order valence-electron chi connectivity index (χ4n) is 1.52. The van der Waals surface area contributed by atoms with Crippen molar-refractivity contribution < 1.29 is 14.7 Å². The summed E-state index contributed by atoms with van der Waals surface area (Å²) >= 11 is 2.90. The average Bonchev–Trinajstić information content (AvgIpc) is 3.08. The summed E-state index contributed by atoms with van der Waals surface area (Å²) in [5.41, 5.74) is 1.19. The lowest BCUT2D eigenvalue weighted by molar-refractivity contribution is -0.139. The number of aliphatic carboxylic acids is 1. The van der Waals surface area contributed by atoms with Gasteiger partial charge in [-0.3, -0.25) is 4.79 Å². The summed E-state index contributed by atoms with van der Waals surface area (Å²) in [7, 11) is 0. The minimum Gasteiger partial charge on any atom is -0.480 e. The topological polar surface area (TPSA) is 79.3 Å². The zero-order valence-electron chi connectivity index (χ0n) is 10.4. The number of hydrogen-bond acceptors (Lipinski definition) is 5. The first-order valence-corrected chi connectivity index (χ1v) is 7.56. The van der Waals surface area contributed by atoms with Crippen LogP contribution in [0.1, 0.15) is 16.9 Å². The van der Waals surface area contributed by atoms with Gasteiger partial charge in [0.2, 0.25) is 0 Å². The number of nitrogens with zero attached hydrogens (tertiary/aromatic N) is 1. The Morgan fingerprint density at radius 3 is 2.90 bits per heavy atom. The number of rotatable bonds is 6. The smallest absolute Gasteiger partial charge is 0.326 e. The van der Waals surface area contributed by atoms with E-state index in [4.69, 9.17) is 5.11 Å². The second-order valence-corrected chi connectivity index (χ2v) is 5.58. The van der Waals surface area contributed by atoms with E-state index in [0.717, 1.165) is 10.6 Å². The molecule has 0 aliphatic heterocycles. The van der Waals surface area contributed by atoms with Crippen molar-refractivity contribution in [3.8, 4) is 10.6 Å². The lowest BCUT2D eigenvalue weighted by Crippen LogP contribution is -2.40. The van der Waals surface area contributed by atoms with E-state index < -0.39 is 17.9 Å². The van der Waals surface area contributed by atoms with E-state index >= 15 is 0 Å². The van der Waals surface area contributed by atoms with Gasteiger partial charge in [0, 0.05) is 16.3 Å². The maximum absolute atomic E-state index is 12.0. The molecular formula is C13H12N2O3S2. The van der Waals surface area contributed by atoms with Gasteiger partial charge in [-0.05, 0) is 17.9 Å². The van der Waals surface area contributed by atoms with Crippen LogP contribution in [0.15, 0.2) is 34.9 Å². The Morgan fingerprint density at radius 1 is 1.50 bits per heavy atom. The van der Waals surface area contributed by atoms with Gasteiger partial charge in [-0.25, -0.2) is 9.78 Å². The Labute approximate surface area is 123 Å². The van der Waals surface area contributed by atoms with Crippen LogP contribution in [0.25, 0.3) is 10.6 Å². The molecule has 5 nitrogen and oxygen atoms in total. The van der Waals surface area contributed by atoms with E-state index in [2.05, 4.69) is 16.9 Å². The van der Waals surface area contributed by atoms with Gasteiger partial charge in [0.05, 0.1) is 0 Å². The molecular weight excluding hydrogens is 296 g/mol. The SMILES string of the molecule is C=CCC(NC(=O)c1csc(-c2ccsc2)n1)C(=O)O. The van der Waals surface area contributed by atoms with Crippen molar-refractivity contribution >= 4 is 34.6 Å². The molecule has 0 aliphatic carbocycles. The predicted molar refractivity (Wildman–Crippen MR) is 79.1 cm³/mol. The van der Waals surface area contributed by atoms with Gasteiger partial charge in [-0.2, -0.15) is 11.3 Å². The van der Waals surface area contributed by atoms with Crippen molar-refractivity contribution in [3.63, 3.8) is 0 Å². The molecule has 0 saturated carbocycles. The normalized spacial score (nSPS) is 11.8. The monoisotopic (exact) mass is 308 g/mol. The lowest BCUT2D eigenvalue weighted by atomic mass is 10.2. The zero-order chi connectivity index (χ0) is 14.5. The maximum Gasteiger partial charge on any atom is 0.326 e. The third-order valence-electron chi connectivity index (χ3n) is 2.51. The van der Waals surface area contributed by atoms with Crippen LogP contribution < -0.4 is 5.32 Å². The molecule has 2 heterocycles. The largest absolute Gasteiger partial charge is 0.480 e. The van der Waals surface area contributed by atoms with E-state index in [1.165, 1.54) is 17.4 Å². The molecule has 104 valence electrons. The third kappa shape index (κ3) is 3.31. The number of thiazole rings is 1. The molecule has 7 heteroatoms. The van der Waals surface area contributed by atoms with Crippen molar-refractivity contribution in [1.29, 1.82) is 0 Å². The number of nitrogens with one attached hydrogen (secondary N) is 1. The van der Waals surface area contributed by atoms with Crippen molar-refractivity contribution in [3.05, 3.63) is 40.6 Å². The summed E-state index contributed by atoms with van der Waals surface area (Å²) in [5.74, 6) is -1.58. The number of carboxylic acids is 1. The fourth-order valence-corrected chi connectivity index (χ4v) is 3.03. The zero-order valence-corrected chi connectivity index (χ0v) is 12.0. The van der Waals surface area contributed by atoms with Crippen LogP contribution in [-0.2, 0) is 4.79 Å². The van der Waals surface area contributed by atoms with Crippen LogP contribution in [0, 0.1) is 0 Å². The first-order chi connectivity index (χ1) is 9.61. The molecule has 0 fully saturated rings. The molecule has 1 amide bonds. The summed E-state index contributed by atoms with van der Waals surface area (Å²) in [6.07, 6.45) is 1.62. The van der Waals surface area contributed by atoms with Crippen molar-refractivity contribution in [1.82, 2.24) is 10.3 Å². The standard InChI is InChI=1S/C13H12N2O3S2/c1-2-3-9(13(17)18)14-11(16)10-7-20-12(15-10)8-4-5-19-6-8/h2,4-7,9H,1,3H2,(H,14,16)(H,17,18). The third-order valence-corrected chi connectivity index (χ3v) is 4.09. The van der Waals surface area contributed by atoms with Crippen molar-refractivity contribution in [2.24, 2.45) is 0 Å². The number of carbonyl (C=O) groups excluding carboxylic acids is 1. The van der Waals surface area contributed by atoms with E-state index in [0.29, 0.717) is 0 Å². The van der Waals surface area contributed by atoms with Gasteiger partial charge in [0.15, 0.2) is 0 Å². The molecule has 1 atom stereocenters. The van der Waals surface area contributed by atoms with Gasteiger partial charge in [0.1, 0.15) is 16.7 Å². The highest BCUT2D eigenvalue weighted by Gasteiger charge is 2.20. The van der Waals surface area contributed by atoms with Gasteiger partial charge >= 0.3 is 5.97 Å². The number of hydrogen-bond donors (Lipinski definition) is 2. The van der Waals surface area contributed by atoms with Gasteiger partial charge in [-0.15, -0.1) is 17.9 Å². The Hall–Kier alpha value is -1.99. The molecule has 2 rings (SSSR count). The average molecular weight is 308 g/mol. The van der Waals surface area contributed by atoms with E-state index in [1.807, 2.05) is 16.8 Å². The van der Waals surface area contributed by atoms with Crippen molar-refractivity contribution in [2.45, 2.75) is 12.5 Å². The maximum atomic E-state index is 12.0. The molecule has 0 aromatic carbocycles. The molecule has 2 aromatic rings. The molecule has 2 aromatic heterocycles. The van der Waals surface area contributed by atoms with Crippen LogP contribution in [-0.4, -0.2) is 28.0 Å². The highest BCUT2D eigenvalue weighted by molar-refractivity contribution is 7.14. The number of amides is 1. The molecule has 0 bridgehead atoms. The van der Waals surface area contributed by atoms with E-state index in [-0.39, 0.29) is 12.1 Å². The highest BCUT2D eigenvalue weighted by atomic mass is 32.1. The minimum atomic E-state index is -1.09. The Morgan fingerprint density at radius 2 is 2.30 bits per heavy atom. The number of thiophene rings is 1. The number of carbonyl (C=O) groups is 2. The summed E-state index contributed by atoms with van der Waals surface area (Å²) in [4.78, 5) is 27.1. The second-order valence-electron chi connectivity index (χ2n) is 3.94. The molecule has 0 radical (unpaired) electrons. The first kappa shape index (κ1) is 14.4. The summed E-state index contributed by atoms with van der Waals surface area (Å²) in [5, 5.41) is 17.6. The van der Waals surface area contributed by atoms with Crippen LogP contribution in [0.4, 0.5) is 0 Å². The number of aromatic nitrogens is 1. The molecule has 20 heavy (non-hydrogen) atoms. The Balaban J connectivity index is 2.09. The number of carboxylic acid groups (broad SMARTS) is 1. The van der Waals surface area contributed by atoms with Gasteiger partial charge in [0.25, 0.3) is 5.91 Å². The van der Waals surface area contributed by atoms with Crippen LogP contribution in [0.2, 0.25) is 0 Å². The predicted octanol–water partition coefficient (Wildman–Crippen LogP) is 2.63. The molecule has 0 aliphatic rings. The van der Waals surface area contributed by atoms with Gasteiger partial charge in [-0.1, -0.05) is 6.08 Å². The van der Waals surface area contributed by atoms with Crippen LogP contribution in [0.5, 0.6) is 0 Å². The van der Waals surface area contributed by atoms with Crippen LogP contribution >= 0.6 is 22.7 Å². The Kier molecular flexibility index (Phi) is 4.65. The van der Waals surface area contributed by atoms with Gasteiger partial charge < -0.3 is 10.4 Å². The quantitative estimate of drug-likeness (QED) is 0.804. The molecule has 1 unspecified atom stereocenters. The van der Waals surface area contributed by atoms with Crippen molar-refractivity contribution in [2.75, 3.05) is 0 Å². The summed E-state index contributed by atoms with van der Waals surface area (Å²) in [6, 6.07) is 0.939.